The van der Waals surface area contributed by atoms with Crippen molar-refractivity contribution in [2.75, 3.05) is 0 Å². The van der Waals surface area contributed by atoms with Crippen molar-refractivity contribution in [3.8, 4) is 11.3 Å². The van der Waals surface area contributed by atoms with Crippen LogP contribution in [0.5, 0.6) is 0 Å². The first-order chi connectivity index (χ1) is 7.59. The molecule has 0 spiro atoms. The number of hydrogen-bond donors (Lipinski definition) is 1. The normalized spacial score (nSPS) is 10.4. The Morgan fingerprint density at radius 1 is 1.50 bits per heavy atom. The Labute approximate surface area is 90.4 Å². The minimum absolute atomic E-state index is 0.135. The van der Waals surface area contributed by atoms with Gasteiger partial charge in [0, 0.05) is 5.56 Å². The van der Waals surface area contributed by atoms with Crippen LogP contribution in [-0.4, -0.2) is 16.1 Å². The van der Waals surface area contributed by atoms with Crippen molar-refractivity contribution < 1.29 is 18.7 Å². The van der Waals surface area contributed by atoms with Gasteiger partial charge in [0.05, 0.1) is 0 Å². The van der Waals surface area contributed by atoms with Gasteiger partial charge < -0.3 is 9.52 Å². The molecule has 0 aliphatic carbocycles. The van der Waals surface area contributed by atoms with Crippen molar-refractivity contribution in [2.45, 2.75) is 6.92 Å². The van der Waals surface area contributed by atoms with Crippen molar-refractivity contribution in [1.82, 2.24) is 4.98 Å². The molecule has 0 aliphatic rings. The van der Waals surface area contributed by atoms with Crippen molar-refractivity contribution in [1.29, 1.82) is 0 Å². The van der Waals surface area contributed by atoms with Crippen molar-refractivity contribution in [3.05, 3.63) is 41.7 Å². The fraction of sp³-hybridized carbons (Fsp3) is 0.0909. The van der Waals surface area contributed by atoms with Gasteiger partial charge >= 0.3 is 5.97 Å². The summed E-state index contributed by atoms with van der Waals surface area (Å²) in [5.41, 5.74) is 0.741. The van der Waals surface area contributed by atoms with E-state index in [-0.39, 0.29) is 17.3 Å². The molecule has 0 aliphatic heterocycles. The number of hydrogen-bond acceptors (Lipinski definition) is 3. The summed E-state index contributed by atoms with van der Waals surface area (Å²) in [5.74, 6) is -1.39. The van der Waals surface area contributed by atoms with Crippen LogP contribution in [0.1, 0.15) is 16.1 Å². The molecule has 0 saturated carbocycles. The second-order valence-corrected chi connectivity index (χ2v) is 3.30. The first kappa shape index (κ1) is 10.4. The number of carboxylic acid groups (broad SMARTS) is 1. The summed E-state index contributed by atoms with van der Waals surface area (Å²) in [5, 5.41) is 8.84. The molecular weight excluding hydrogens is 213 g/mol. The van der Waals surface area contributed by atoms with Gasteiger partial charge in [-0.25, -0.2) is 14.2 Å². The van der Waals surface area contributed by atoms with E-state index in [2.05, 4.69) is 4.98 Å². The molecule has 0 atom stereocenters. The smallest absolute Gasteiger partial charge is 0.358 e. The Morgan fingerprint density at radius 2 is 2.25 bits per heavy atom. The monoisotopic (exact) mass is 221 g/mol. The van der Waals surface area contributed by atoms with Crippen LogP contribution in [0.3, 0.4) is 0 Å². The van der Waals surface area contributed by atoms with Gasteiger partial charge in [0.25, 0.3) is 0 Å². The molecule has 1 aromatic heterocycles. The molecule has 0 radical (unpaired) electrons. The van der Waals surface area contributed by atoms with Crippen LogP contribution >= 0.6 is 0 Å². The largest absolute Gasteiger partial charge is 0.476 e. The van der Waals surface area contributed by atoms with Gasteiger partial charge in [-0.2, -0.15) is 0 Å². The van der Waals surface area contributed by atoms with E-state index in [9.17, 15) is 9.18 Å². The highest BCUT2D eigenvalue weighted by Crippen LogP contribution is 2.24. The second kappa shape index (κ2) is 3.77. The number of aromatic nitrogens is 1. The number of carbonyl (C=O) groups is 1. The van der Waals surface area contributed by atoms with Gasteiger partial charge in [-0.05, 0) is 30.7 Å². The quantitative estimate of drug-likeness (QED) is 0.846. The number of benzene rings is 1. The highest BCUT2D eigenvalue weighted by molar-refractivity contribution is 5.92. The molecule has 0 fully saturated rings. The Hall–Kier alpha value is -2.17. The number of rotatable bonds is 2. The minimum Gasteiger partial charge on any atom is -0.476 e. The predicted molar refractivity (Wildman–Crippen MR) is 53.6 cm³/mol. The summed E-state index contributed by atoms with van der Waals surface area (Å²) in [4.78, 5) is 14.4. The number of nitrogens with zero attached hydrogens (tertiary/aromatic N) is 1. The molecule has 82 valence electrons. The van der Waals surface area contributed by atoms with Crippen LogP contribution in [-0.2, 0) is 0 Å². The molecule has 0 unspecified atom stereocenters. The summed E-state index contributed by atoms with van der Waals surface area (Å²) in [6, 6.07) is 4.23. The van der Waals surface area contributed by atoms with Crippen LogP contribution < -0.4 is 0 Å². The van der Waals surface area contributed by atoms with E-state index in [1.807, 2.05) is 0 Å². The first-order valence-corrected chi connectivity index (χ1v) is 4.53. The van der Waals surface area contributed by atoms with E-state index in [1.165, 1.54) is 18.2 Å². The Morgan fingerprint density at radius 3 is 2.88 bits per heavy atom. The van der Waals surface area contributed by atoms with Crippen LogP contribution in [0.2, 0.25) is 0 Å². The average Bonchev–Trinajstić information content (AvgIpc) is 2.71. The van der Waals surface area contributed by atoms with Gasteiger partial charge in [0.15, 0.2) is 17.8 Å². The predicted octanol–water partition coefficient (Wildman–Crippen LogP) is 2.49. The summed E-state index contributed by atoms with van der Waals surface area (Å²) >= 11 is 0. The molecule has 1 N–H and O–H groups in total. The Balaban J connectivity index is 2.54. The van der Waals surface area contributed by atoms with Crippen LogP contribution in [0.25, 0.3) is 11.3 Å². The summed E-state index contributed by atoms with van der Waals surface area (Å²) < 4.78 is 18.0. The molecule has 16 heavy (non-hydrogen) atoms. The van der Waals surface area contributed by atoms with E-state index in [0.717, 1.165) is 6.39 Å². The van der Waals surface area contributed by atoms with Gasteiger partial charge in [-0.1, -0.05) is 0 Å². The highest BCUT2D eigenvalue weighted by Gasteiger charge is 2.17. The molecule has 0 saturated heterocycles. The standard InChI is InChI=1S/C11H8FNO3/c1-6-4-7(2-3-8(6)12)10-9(11(14)15)13-5-16-10/h2-5H,1H3,(H,14,15). The zero-order valence-electron chi connectivity index (χ0n) is 8.40. The third-order valence-corrected chi connectivity index (χ3v) is 2.19. The number of oxazole rings is 1. The van der Waals surface area contributed by atoms with Crippen molar-refractivity contribution in [3.63, 3.8) is 0 Å². The lowest BCUT2D eigenvalue weighted by molar-refractivity contribution is 0.0691. The summed E-state index contributed by atoms with van der Waals surface area (Å²) in [7, 11) is 0. The molecule has 5 heteroatoms. The van der Waals surface area contributed by atoms with E-state index in [1.54, 1.807) is 6.92 Å². The molecule has 1 aromatic carbocycles. The second-order valence-electron chi connectivity index (χ2n) is 3.30. The Bertz CT molecular complexity index is 548. The fourth-order valence-electron chi connectivity index (χ4n) is 1.39. The molecule has 0 bridgehead atoms. The van der Waals surface area contributed by atoms with Crippen LogP contribution in [0.4, 0.5) is 4.39 Å². The molecule has 2 aromatic rings. The maximum atomic E-state index is 13.0. The molecule has 4 nitrogen and oxygen atoms in total. The number of aromatic carboxylic acids is 1. The first-order valence-electron chi connectivity index (χ1n) is 4.53. The van der Waals surface area contributed by atoms with Crippen LogP contribution in [0.15, 0.2) is 29.0 Å². The number of carboxylic acids is 1. The number of halogens is 1. The molecular formula is C11H8FNO3. The van der Waals surface area contributed by atoms with E-state index >= 15 is 0 Å². The van der Waals surface area contributed by atoms with E-state index < -0.39 is 5.97 Å². The third-order valence-electron chi connectivity index (χ3n) is 2.19. The molecule has 0 amide bonds. The summed E-state index contributed by atoms with van der Waals surface area (Å²) in [6.07, 6.45) is 1.05. The minimum atomic E-state index is -1.18. The van der Waals surface area contributed by atoms with Gasteiger partial charge in [-0.15, -0.1) is 0 Å². The SMILES string of the molecule is Cc1cc(-c2ocnc2C(=O)O)ccc1F. The Kier molecular flexibility index (Phi) is 2.44. The van der Waals surface area contributed by atoms with Crippen molar-refractivity contribution >= 4 is 5.97 Å². The topological polar surface area (TPSA) is 63.3 Å². The average molecular weight is 221 g/mol. The molecule has 2 rings (SSSR count). The molecule has 1 heterocycles. The maximum Gasteiger partial charge on any atom is 0.358 e. The highest BCUT2D eigenvalue weighted by atomic mass is 19.1. The van der Waals surface area contributed by atoms with Crippen molar-refractivity contribution in [2.24, 2.45) is 0 Å². The third kappa shape index (κ3) is 1.67. The van der Waals surface area contributed by atoms with Crippen LogP contribution in [0, 0.1) is 12.7 Å². The maximum absolute atomic E-state index is 13.0. The van der Waals surface area contributed by atoms with Gasteiger partial charge in [0.1, 0.15) is 5.82 Å². The van der Waals surface area contributed by atoms with Gasteiger partial charge in [0.2, 0.25) is 0 Å². The zero-order chi connectivity index (χ0) is 11.7. The lowest BCUT2D eigenvalue weighted by Crippen LogP contribution is -1.98. The van der Waals surface area contributed by atoms with E-state index in [4.69, 9.17) is 9.52 Å². The van der Waals surface area contributed by atoms with E-state index in [0.29, 0.717) is 11.1 Å². The van der Waals surface area contributed by atoms with Gasteiger partial charge in [-0.3, -0.25) is 0 Å². The lowest BCUT2D eigenvalue weighted by Gasteiger charge is -2.00. The lowest BCUT2D eigenvalue weighted by atomic mass is 10.1. The fourth-order valence-corrected chi connectivity index (χ4v) is 1.39. The zero-order valence-corrected chi connectivity index (χ0v) is 8.40. The number of aryl methyl sites for hydroxylation is 1. The summed E-state index contributed by atoms with van der Waals surface area (Å²) in [6.45, 7) is 1.59.